The van der Waals surface area contributed by atoms with Gasteiger partial charge in [-0.1, -0.05) is 0 Å². The van der Waals surface area contributed by atoms with E-state index in [1.807, 2.05) is 29.8 Å². The van der Waals surface area contributed by atoms with Crippen molar-refractivity contribution in [3.05, 3.63) is 61.5 Å². The molecule has 30 heavy (non-hydrogen) atoms. The van der Waals surface area contributed by atoms with Crippen LogP contribution >= 0.6 is 0 Å². The number of nitrogens with zero attached hydrogens (tertiary/aromatic N) is 8. The second kappa shape index (κ2) is 6.27. The van der Waals surface area contributed by atoms with Crippen LogP contribution in [-0.4, -0.2) is 49.7 Å². The predicted molar refractivity (Wildman–Crippen MR) is 110 cm³/mol. The quantitative estimate of drug-likeness (QED) is 0.472. The zero-order valence-electron chi connectivity index (χ0n) is 15.8. The molecule has 6 aromatic heterocycles. The topological polar surface area (TPSA) is 127 Å². The van der Waals surface area contributed by atoms with E-state index in [2.05, 4.69) is 40.1 Å². The van der Waals surface area contributed by atoms with E-state index in [0.717, 1.165) is 38.9 Å². The molecule has 0 radical (unpaired) electrons. The maximum absolute atomic E-state index is 4.80. The van der Waals surface area contributed by atoms with Gasteiger partial charge < -0.3 is 4.98 Å². The van der Waals surface area contributed by atoms with Crippen molar-refractivity contribution in [3.63, 3.8) is 0 Å². The molecular weight excluding hydrogens is 380 g/mol. The van der Waals surface area contributed by atoms with Crippen molar-refractivity contribution >= 4 is 22.1 Å². The second-order valence-electron chi connectivity index (χ2n) is 6.86. The zero-order valence-corrected chi connectivity index (χ0v) is 15.8. The maximum Gasteiger partial charge on any atom is 0.181 e. The van der Waals surface area contributed by atoms with Crippen molar-refractivity contribution in [2.75, 3.05) is 0 Å². The highest BCUT2D eigenvalue weighted by Gasteiger charge is 2.16. The molecule has 144 valence electrons. The third-order valence-corrected chi connectivity index (χ3v) is 4.88. The number of H-pyrrole nitrogens is 2. The molecule has 0 spiro atoms. The molecule has 0 atom stereocenters. The Bertz CT molecular complexity index is 1510. The lowest BCUT2D eigenvalue weighted by molar-refractivity contribution is 1.00. The van der Waals surface area contributed by atoms with Gasteiger partial charge in [0.2, 0.25) is 0 Å². The highest BCUT2D eigenvalue weighted by atomic mass is 15.2. The van der Waals surface area contributed by atoms with Gasteiger partial charge in [0.1, 0.15) is 23.9 Å². The molecular formula is C20H14N10. The van der Waals surface area contributed by atoms with Crippen LogP contribution in [0.25, 0.3) is 50.5 Å². The van der Waals surface area contributed by atoms with Crippen LogP contribution in [0.3, 0.4) is 0 Å². The molecule has 10 nitrogen and oxygen atoms in total. The van der Waals surface area contributed by atoms with E-state index >= 15 is 0 Å². The highest BCUT2D eigenvalue weighted by molar-refractivity contribution is 5.94. The summed E-state index contributed by atoms with van der Waals surface area (Å²) >= 11 is 0. The first-order valence-electron chi connectivity index (χ1n) is 9.22. The molecule has 0 aromatic carbocycles. The van der Waals surface area contributed by atoms with Crippen molar-refractivity contribution < 1.29 is 0 Å². The fourth-order valence-corrected chi connectivity index (χ4v) is 3.45. The van der Waals surface area contributed by atoms with Crippen molar-refractivity contribution in [1.29, 1.82) is 0 Å². The molecule has 0 unspecified atom stereocenters. The van der Waals surface area contributed by atoms with Crippen LogP contribution in [0.1, 0.15) is 5.69 Å². The monoisotopic (exact) mass is 394 g/mol. The van der Waals surface area contributed by atoms with Crippen LogP contribution in [0.5, 0.6) is 0 Å². The number of pyridine rings is 2. The van der Waals surface area contributed by atoms with E-state index in [1.54, 1.807) is 31.1 Å². The first-order valence-corrected chi connectivity index (χ1v) is 9.22. The number of fused-ring (bicyclic) bond motifs is 2. The first kappa shape index (κ1) is 16.5. The summed E-state index contributed by atoms with van der Waals surface area (Å²) in [5.41, 5.74) is 5.66. The first-order chi connectivity index (χ1) is 14.8. The number of rotatable bonds is 3. The van der Waals surface area contributed by atoms with Crippen LogP contribution in [0.15, 0.2) is 55.8 Å². The average Bonchev–Trinajstić information content (AvgIpc) is 3.51. The Balaban J connectivity index is 1.52. The summed E-state index contributed by atoms with van der Waals surface area (Å²) in [5, 5.41) is 8.23. The molecule has 0 aliphatic heterocycles. The van der Waals surface area contributed by atoms with Gasteiger partial charge in [-0.2, -0.15) is 5.10 Å². The number of aromatic amines is 2. The fraction of sp³-hybridized carbons (Fsp3) is 0.0500. The standard InChI is InChI=1S/C20H14N10/c1-11-8-30(10-25-11)20-17-15(2-3-23-20)26-19(27-17)16-14-4-12(7-24-18(14)29-28-16)13-5-21-9-22-6-13/h2-10H,1H3,(H,26,27)(H,24,28,29). The molecule has 0 bridgehead atoms. The predicted octanol–water partition coefficient (Wildman–Crippen LogP) is 2.85. The van der Waals surface area contributed by atoms with Gasteiger partial charge in [0.05, 0.1) is 16.6 Å². The van der Waals surface area contributed by atoms with Gasteiger partial charge in [-0.25, -0.2) is 29.9 Å². The molecule has 0 fully saturated rings. The van der Waals surface area contributed by atoms with E-state index in [9.17, 15) is 0 Å². The van der Waals surface area contributed by atoms with Gasteiger partial charge in [0.25, 0.3) is 0 Å². The SMILES string of the molecule is Cc1cn(-c2nccc3[nH]c(-c4[nH]nc5ncc(-c6cncnc6)cc45)nc23)cn1. The molecule has 0 aliphatic rings. The van der Waals surface area contributed by atoms with Crippen molar-refractivity contribution in [2.24, 2.45) is 0 Å². The van der Waals surface area contributed by atoms with E-state index in [1.165, 1.54) is 6.33 Å². The van der Waals surface area contributed by atoms with Crippen molar-refractivity contribution in [3.8, 4) is 28.5 Å². The van der Waals surface area contributed by atoms with Gasteiger partial charge >= 0.3 is 0 Å². The lowest BCUT2D eigenvalue weighted by Crippen LogP contribution is -1.95. The van der Waals surface area contributed by atoms with Gasteiger partial charge in [-0.05, 0) is 19.1 Å². The van der Waals surface area contributed by atoms with Crippen LogP contribution in [0.4, 0.5) is 0 Å². The molecule has 0 aliphatic carbocycles. The minimum atomic E-state index is 0.606. The van der Waals surface area contributed by atoms with E-state index in [4.69, 9.17) is 4.98 Å². The van der Waals surface area contributed by atoms with Gasteiger partial charge in [-0.15, -0.1) is 0 Å². The molecule has 6 aromatic rings. The Morgan fingerprint density at radius 2 is 1.90 bits per heavy atom. The lowest BCUT2D eigenvalue weighted by Gasteiger charge is -2.00. The molecule has 0 saturated carbocycles. The van der Waals surface area contributed by atoms with Gasteiger partial charge in [0.15, 0.2) is 17.3 Å². The molecule has 6 rings (SSSR count). The third-order valence-electron chi connectivity index (χ3n) is 4.88. The van der Waals surface area contributed by atoms with Gasteiger partial charge in [-0.3, -0.25) is 9.67 Å². The molecule has 10 heteroatoms. The van der Waals surface area contributed by atoms with Crippen molar-refractivity contribution in [2.45, 2.75) is 6.92 Å². The van der Waals surface area contributed by atoms with E-state index in [0.29, 0.717) is 17.3 Å². The summed E-state index contributed by atoms with van der Waals surface area (Å²) < 4.78 is 1.86. The summed E-state index contributed by atoms with van der Waals surface area (Å²) in [4.78, 5) is 29.6. The number of hydrogen-bond acceptors (Lipinski definition) is 7. The summed E-state index contributed by atoms with van der Waals surface area (Å²) in [6.07, 6.45) is 12.2. The van der Waals surface area contributed by atoms with Crippen LogP contribution in [0, 0.1) is 6.92 Å². The average molecular weight is 394 g/mol. The normalized spacial score (nSPS) is 11.5. The summed E-state index contributed by atoms with van der Waals surface area (Å²) in [7, 11) is 0. The van der Waals surface area contributed by atoms with Crippen LogP contribution in [0.2, 0.25) is 0 Å². The molecule has 6 heterocycles. The zero-order chi connectivity index (χ0) is 20.1. The second-order valence-corrected chi connectivity index (χ2v) is 6.86. The molecule has 0 amide bonds. The highest BCUT2D eigenvalue weighted by Crippen LogP contribution is 2.29. The van der Waals surface area contributed by atoms with Crippen molar-refractivity contribution in [1.82, 2.24) is 49.7 Å². The van der Waals surface area contributed by atoms with Crippen LogP contribution in [-0.2, 0) is 0 Å². The number of aryl methyl sites for hydroxylation is 1. The summed E-state index contributed by atoms with van der Waals surface area (Å²) in [6.45, 7) is 1.94. The minimum Gasteiger partial charge on any atom is -0.336 e. The Labute approximate surface area is 169 Å². The number of imidazole rings is 2. The Kier molecular flexibility index (Phi) is 3.45. The summed E-state index contributed by atoms with van der Waals surface area (Å²) in [5.74, 6) is 1.36. The van der Waals surface area contributed by atoms with E-state index < -0.39 is 0 Å². The van der Waals surface area contributed by atoms with E-state index in [-0.39, 0.29) is 0 Å². The Morgan fingerprint density at radius 1 is 1.00 bits per heavy atom. The number of aromatic nitrogens is 10. The van der Waals surface area contributed by atoms with Crippen LogP contribution < -0.4 is 0 Å². The lowest BCUT2D eigenvalue weighted by atomic mass is 10.1. The largest absolute Gasteiger partial charge is 0.336 e. The Morgan fingerprint density at radius 3 is 2.73 bits per heavy atom. The number of nitrogens with one attached hydrogen (secondary N) is 2. The molecule has 2 N–H and O–H groups in total. The Hall–Kier alpha value is -4.47. The smallest absolute Gasteiger partial charge is 0.181 e. The maximum atomic E-state index is 4.80. The minimum absolute atomic E-state index is 0.606. The number of hydrogen-bond donors (Lipinski definition) is 2. The fourth-order valence-electron chi connectivity index (χ4n) is 3.45. The summed E-state index contributed by atoms with van der Waals surface area (Å²) in [6, 6.07) is 3.90. The molecule has 0 saturated heterocycles. The third kappa shape index (κ3) is 2.54. The van der Waals surface area contributed by atoms with Gasteiger partial charge in [0, 0.05) is 42.1 Å².